The Labute approximate surface area is 518 Å². The Hall–Kier alpha value is -1.000. The first-order valence-corrected chi connectivity index (χ1v) is 33.7. The van der Waals surface area contributed by atoms with Crippen LogP contribution in [0.1, 0.15) is 208 Å². The van der Waals surface area contributed by atoms with Crippen LogP contribution < -0.4 is 5.32 Å². The molecular weight excluding hydrogens is 1170 g/mol. The van der Waals surface area contributed by atoms with E-state index in [1.54, 1.807) is 0 Å². The molecule has 1 atom stereocenters. The lowest BCUT2D eigenvalue weighted by atomic mass is 9.61. The van der Waals surface area contributed by atoms with Gasteiger partial charge in [0.05, 0.1) is 64.6 Å². The molecule has 0 bridgehead atoms. The van der Waals surface area contributed by atoms with E-state index in [4.69, 9.17) is 92.8 Å². The van der Waals surface area contributed by atoms with Crippen molar-refractivity contribution in [3.8, 4) is 0 Å². The lowest BCUT2D eigenvalue weighted by Crippen LogP contribution is -2.41. The molecule has 1 saturated heterocycles. The minimum atomic E-state index is -0.139. The van der Waals surface area contributed by atoms with Gasteiger partial charge in [-0.05, 0) is 277 Å². The first-order valence-electron chi connectivity index (χ1n) is 30.7. The number of halogens is 8. The molecule has 4 aromatic rings. The number of aliphatic hydroxyl groups excluding tert-OH is 4. The Balaban J connectivity index is 0.000000129. The molecule has 7 saturated carbocycles. The normalized spacial score (nSPS) is 32.3. The number of benzene rings is 4. The van der Waals surface area contributed by atoms with Crippen LogP contribution in [0.4, 0.5) is 0 Å². The van der Waals surface area contributed by atoms with E-state index in [2.05, 4.69) is 47.8 Å². The fourth-order valence-electron chi connectivity index (χ4n) is 17.0. The molecule has 0 aromatic heterocycles. The second-order valence-electron chi connectivity index (χ2n) is 25.7. The highest BCUT2D eigenvalue weighted by Gasteiger charge is 2.48. The molecule has 0 amide bonds. The number of rotatable bonds is 8. The summed E-state index contributed by atoms with van der Waals surface area (Å²) in [5.74, 6) is 2.86. The lowest BCUT2D eigenvalue weighted by Gasteiger charge is -2.44. The van der Waals surface area contributed by atoms with Gasteiger partial charge in [-0.15, -0.1) is 0 Å². The predicted octanol–water partition coefficient (Wildman–Crippen LogP) is 19.8. The van der Waals surface area contributed by atoms with E-state index in [-0.39, 0.29) is 46.1 Å². The Morgan fingerprint density at radius 3 is 0.713 bits per heavy atom. The highest BCUT2D eigenvalue weighted by atomic mass is 35.5. The summed E-state index contributed by atoms with van der Waals surface area (Å²) in [6.07, 6.45) is 32.5. The van der Waals surface area contributed by atoms with Gasteiger partial charge in [-0.3, -0.25) is 0 Å². The average molecular weight is 1250 g/mol. The van der Waals surface area contributed by atoms with E-state index in [1.165, 1.54) is 106 Å². The highest BCUT2D eigenvalue weighted by Crippen LogP contribution is 2.55. The van der Waals surface area contributed by atoms with Crippen molar-refractivity contribution < 1.29 is 20.4 Å². The summed E-state index contributed by atoms with van der Waals surface area (Å²) < 4.78 is 0. The van der Waals surface area contributed by atoms with Crippen LogP contribution in [0.15, 0.2) is 72.8 Å². The molecule has 8 fully saturated rings. The predicted molar refractivity (Wildman–Crippen MR) is 337 cm³/mol. The minimum absolute atomic E-state index is 0.118. The van der Waals surface area contributed by atoms with Crippen molar-refractivity contribution in [1.29, 1.82) is 0 Å². The SMILES string of the molecule is OC1CCC(c2ccc(Cl)c(Cl)c2)(C2CCCC2)CC1.OC1CCC(c2ccc(Cl)c(Cl)c2)(C2CCCC2)CC1.OC1CCC(c2ccc(Cl)c(Cl)c2)(C2CCCC2)CC1.OC1CCC(c2ccc(Cl)c(Cl)c2)([C@@H]2CCNC2)CC1. The summed E-state index contributed by atoms with van der Waals surface area (Å²) in [6, 6.07) is 24.6. The molecule has 5 nitrogen and oxygen atoms in total. The van der Waals surface area contributed by atoms with Crippen LogP contribution in [-0.2, 0) is 21.7 Å². The van der Waals surface area contributed by atoms with E-state index in [0.29, 0.717) is 46.1 Å². The van der Waals surface area contributed by atoms with Crippen molar-refractivity contribution in [2.45, 2.75) is 232 Å². The van der Waals surface area contributed by atoms with Crippen LogP contribution in [0.5, 0.6) is 0 Å². The number of hydrogen-bond donors (Lipinski definition) is 5. The summed E-state index contributed by atoms with van der Waals surface area (Å²) in [7, 11) is 0. The van der Waals surface area contributed by atoms with Crippen molar-refractivity contribution in [2.24, 2.45) is 23.7 Å². The number of nitrogens with one attached hydrogen (secondary N) is 1. The Morgan fingerprint density at radius 2 is 0.512 bits per heavy atom. The summed E-state index contributed by atoms with van der Waals surface area (Å²) in [5.41, 5.74) is 6.10. The maximum Gasteiger partial charge on any atom is 0.0595 e. The minimum Gasteiger partial charge on any atom is -0.393 e. The van der Waals surface area contributed by atoms with Crippen LogP contribution in [-0.4, -0.2) is 57.9 Å². The van der Waals surface area contributed by atoms with Gasteiger partial charge in [-0.2, -0.15) is 0 Å². The van der Waals surface area contributed by atoms with Gasteiger partial charge in [0.15, 0.2) is 0 Å². The highest BCUT2D eigenvalue weighted by molar-refractivity contribution is 6.43. The monoisotopic (exact) mass is 1250 g/mol. The molecule has 80 heavy (non-hydrogen) atoms. The summed E-state index contributed by atoms with van der Waals surface area (Å²) >= 11 is 49.3. The van der Waals surface area contributed by atoms with Crippen molar-refractivity contribution in [2.75, 3.05) is 13.1 Å². The standard InChI is InChI=1S/3C17H22Cl2O.C16H21Cl2NO/c3*18-15-6-5-13(11-16(15)19)17(12-3-1-2-4-12)9-7-14(20)8-10-17;17-14-2-1-11(9-15(14)18)16(12-5-8-19-10-12)6-3-13(20)4-7-16/h3*5-6,11-12,14,20H,1-4,7-10H2;1-2,9,12-13,19-20H,3-8,10H2/t;;;12-,13?,16?/m...1/s1. The molecule has 0 spiro atoms. The zero-order valence-electron chi connectivity index (χ0n) is 46.8. The van der Waals surface area contributed by atoms with E-state index in [1.807, 2.05) is 30.3 Å². The second-order valence-corrected chi connectivity index (χ2v) is 29.0. The molecule has 1 aliphatic heterocycles. The van der Waals surface area contributed by atoms with Crippen LogP contribution >= 0.6 is 92.8 Å². The lowest BCUT2D eigenvalue weighted by molar-refractivity contribution is 0.0716. The van der Waals surface area contributed by atoms with Crippen LogP contribution in [0.2, 0.25) is 40.2 Å². The Morgan fingerprint density at radius 1 is 0.287 bits per heavy atom. The third-order valence-electron chi connectivity index (χ3n) is 21.6. The van der Waals surface area contributed by atoms with Gasteiger partial charge in [0.25, 0.3) is 0 Å². The van der Waals surface area contributed by atoms with Gasteiger partial charge in [-0.25, -0.2) is 0 Å². The Kier molecular flexibility index (Phi) is 22.8. The van der Waals surface area contributed by atoms with Crippen molar-refractivity contribution in [3.63, 3.8) is 0 Å². The number of aliphatic hydroxyl groups is 4. The van der Waals surface area contributed by atoms with E-state index >= 15 is 0 Å². The molecule has 0 unspecified atom stereocenters. The molecule has 5 N–H and O–H groups in total. The van der Waals surface area contributed by atoms with Gasteiger partial charge in [0.1, 0.15) is 0 Å². The maximum atomic E-state index is 9.88. The van der Waals surface area contributed by atoms with Crippen molar-refractivity contribution >= 4 is 92.8 Å². The Bertz CT molecular complexity index is 2250. The number of hydrogen-bond acceptors (Lipinski definition) is 5. The zero-order chi connectivity index (χ0) is 56.7. The molecule has 1 heterocycles. The zero-order valence-corrected chi connectivity index (χ0v) is 52.8. The molecule has 8 aliphatic rings. The van der Waals surface area contributed by atoms with Gasteiger partial charge < -0.3 is 25.7 Å². The molecule has 7 aliphatic carbocycles. The van der Waals surface area contributed by atoms with E-state index < -0.39 is 0 Å². The second kappa shape index (κ2) is 28.7. The fourth-order valence-corrected chi connectivity index (χ4v) is 18.2. The van der Waals surface area contributed by atoms with E-state index in [0.717, 1.165) is 134 Å². The average Bonchev–Trinajstić information content (AvgIpc) is 4.44. The fraction of sp³-hybridized carbons (Fsp3) is 0.642. The van der Waals surface area contributed by atoms with Crippen molar-refractivity contribution in [3.05, 3.63) is 135 Å². The van der Waals surface area contributed by atoms with Crippen molar-refractivity contribution in [1.82, 2.24) is 5.32 Å². The van der Waals surface area contributed by atoms with Crippen LogP contribution in [0.3, 0.4) is 0 Å². The van der Waals surface area contributed by atoms with Gasteiger partial charge in [0, 0.05) is 0 Å². The smallest absolute Gasteiger partial charge is 0.0595 e. The third-order valence-corrected chi connectivity index (χ3v) is 24.6. The first-order chi connectivity index (χ1) is 38.5. The molecule has 440 valence electrons. The quantitative estimate of drug-likeness (QED) is 0.121. The van der Waals surface area contributed by atoms with Crippen LogP contribution in [0.25, 0.3) is 0 Å². The van der Waals surface area contributed by atoms with Crippen LogP contribution in [0, 0.1) is 23.7 Å². The topological polar surface area (TPSA) is 93.0 Å². The van der Waals surface area contributed by atoms with Gasteiger partial charge >= 0.3 is 0 Å². The first kappa shape index (κ1) is 63.5. The molecule has 0 radical (unpaired) electrons. The summed E-state index contributed by atoms with van der Waals surface area (Å²) in [4.78, 5) is 0. The third kappa shape index (κ3) is 14.5. The molecular formula is C67H87Cl8NO4. The van der Waals surface area contributed by atoms with Gasteiger partial charge in [-0.1, -0.05) is 156 Å². The summed E-state index contributed by atoms with van der Waals surface area (Å²) in [5, 5.41) is 48.1. The largest absolute Gasteiger partial charge is 0.393 e. The maximum absolute atomic E-state index is 9.88. The molecule has 12 rings (SSSR count). The summed E-state index contributed by atoms with van der Waals surface area (Å²) in [6.45, 7) is 2.16. The van der Waals surface area contributed by atoms with E-state index in [9.17, 15) is 20.4 Å². The van der Waals surface area contributed by atoms with Gasteiger partial charge in [0.2, 0.25) is 0 Å². The molecule has 13 heteroatoms. The molecule has 4 aromatic carbocycles.